The molecule has 0 amide bonds. The number of hydrogen-bond acceptors (Lipinski definition) is 4. The zero-order valence-electron chi connectivity index (χ0n) is 19.9. The fraction of sp³-hybridized carbons (Fsp3) is 0.926. The van der Waals surface area contributed by atoms with E-state index < -0.39 is 0 Å². The minimum atomic E-state index is -0.239. The van der Waals surface area contributed by atoms with Crippen LogP contribution in [0.5, 0.6) is 0 Å². The lowest BCUT2D eigenvalue weighted by molar-refractivity contribution is -0.154. The second-order valence-electron chi connectivity index (χ2n) is 12.7. The summed E-state index contributed by atoms with van der Waals surface area (Å²) >= 11 is 0. The van der Waals surface area contributed by atoms with E-state index in [0.29, 0.717) is 53.6 Å². The first-order chi connectivity index (χ1) is 14.8. The van der Waals surface area contributed by atoms with Gasteiger partial charge in [0.05, 0.1) is 23.9 Å². The number of rotatable bonds is 0. The molecule has 0 aromatic carbocycles. The predicted molar refractivity (Wildman–Crippen MR) is 121 cm³/mol. The van der Waals surface area contributed by atoms with Crippen LogP contribution in [-0.2, 0) is 4.74 Å². The average molecular weight is 430 g/mol. The molecule has 174 valence electrons. The number of aliphatic hydroxyl groups is 2. The summed E-state index contributed by atoms with van der Waals surface area (Å²) in [6.07, 6.45) is 9.72. The van der Waals surface area contributed by atoms with Crippen LogP contribution in [0.25, 0.3) is 0 Å². The van der Waals surface area contributed by atoms with E-state index in [-0.39, 0.29) is 23.2 Å². The molecule has 2 aliphatic heterocycles. The van der Waals surface area contributed by atoms with Crippen LogP contribution in [0.15, 0.2) is 11.6 Å². The molecule has 3 N–H and O–H groups in total. The van der Waals surface area contributed by atoms with E-state index in [9.17, 15) is 10.2 Å². The highest BCUT2D eigenvalue weighted by molar-refractivity contribution is 5.28. The highest BCUT2D eigenvalue weighted by Gasteiger charge is 2.67. The third kappa shape index (κ3) is 2.74. The second-order valence-corrected chi connectivity index (χ2v) is 12.7. The lowest BCUT2D eigenvalue weighted by Gasteiger charge is -2.49. The van der Waals surface area contributed by atoms with Crippen molar-refractivity contribution in [2.24, 2.45) is 46.8 Å². The number of ether oxygens (including phenoxy) is 1. The van der Waals surface area contributed by atoms with Gasteiger partial charge in [-0.25, -0.2) is 0 Å². The molecule has 1 spiro atoms. The number of nitrogens with one attached hydrogen (secondary N) is 1. The molecule has 4 heteroatoms. The first-order valence-electron chi connectivity index (χ1n) is 13.2. The number of hydrogen-bond donors (Lipinski definition) is 3. The van der Waals surface area contributed by atoms with Gasteiger partial charge in [-0.1, -0.05) is 39.3 Å². The Morgan fingerprint density at radius 2 is 1.87 bits per heavy atom. The van der Waals surface area contributed by atoms with Gasteiger partial charge in [0.15, 0.2) is 0 Å². The SMILES string of the molecule is C[C@@H]1CN[C@H]2[C@@H](C)C3(CC[C@H]4[C@@H]5CC=C6C[C@@H](O)CC[C@]6(C)[C@H]5[C@@H](O)[C@@H]4[C@H]3C)O[C@@H]2C1. The molecule has 0 aromatic heterocycles. The highest BCUT2D eigenvalue weighted by atomic mass is 16.5. The number of aliphatic hydroxyl groups excluding tert-OH is 2. The van der Waals surface area contributed by atoms with Gasteiger partial charge >= 0.3 is 0 Å². The van der Waals surface area contributed by atoms with Crippen molar-refractivity contribution < 1.29 is 14.9 Å². The van der Waals surface area contributed by atoms with Crippen molar-refractivity contribution in [2.75, 3.05) is 6.54 Å². The van der Waals surface area contributed by atoms with E-state index in [1.807, 2.05) is 0 Å². The van der Waals surface area contributed by atoms with E-state index in [0.717, 1.165) is 38.6 Å². The molecule has 4 aliphatic carbocycles. The lowest BCUT2D eigenvalue weighted by Crippen LogP contribution is -2.54. The molecular weight excluding hydrogens is 386 g/mol. The van der Waals surface area contributed by atoms with Crippen molar-refractivity contribution in [2.45, 2.75) is 103 Å². The molecule has 13 atom stereocenters. The van der Waals surface area contributed by atoms with Gasteiger partial charge in [0.1, 0.15) is 0 Å². The first kappa shape index (κ1) is 21.1. The minimum absolute atomic E-state index is 0.0684. The van der Waals surface area contributed by atoms with Crippen LogP contribution < -0.4 is 5.32 Å². The molecule has 1 unspecified atom stereocenters. The van der Waals surface area contributed by atoms with Gasteiger partial charge in [0.2, 0.25) is 0 Å². The summed E-state index contributed by atoms with van der Waals surface area (Å²) in [5, 5.41) is 26.0. The molecule has 2 heterocycles. The normalized spacial score (nSPS) is 60.7. The minimum Gasteiger partial charge on any atom is -0.393 e. The first-order valence-corrected chi connectivity index (χ1v) is 13.2. The molecule has 3 saturated carbocycles. The Bertz CT molecular complexity index is 768. The van der Waals surface area contributed by atoms with Gasteiger partial charge in [-0.05, 0) is 92.4 Å². The summed E-state index contributed by atoms with van der Waals surface area (Å²) < 4.78 is 7.02. The van der Waals surface area contributed by atoms with E-state index >= 15 is 0 Å². The molecule has 6 rings (SSSR count). The van der Waals surface area contributed by atoms with Crippen molar-refractivity contribution in [3.63, 3.8) is 0 Å². The van der Waals surface area contributed by atoms with Gasteiger partial charge in [0, 0.05) is 12.0 Å². The van der Waals surface area contributed by atoms with Crippen molar-refractivity contribution in [3.8, 4) is 0 Å². The molecule has 6 aliphatic rings. The van der Waals surface area contributed by atoms with E-state index in [1.165, 1.54) is 18.4 Å². The summed E-state index contributed by atoms with van der Waals surface area (Å²) in [7, 11) is 0. The zero-order chi connectivity index (χ0) is 21.7. The fourth-order valence-corrected chi connectivity index (χ4v) is 9.90. The van der Waals surface area contributed by atoms with Crippen LogP contribution >= 0.6 is 0 Å². The standard InChI is InChI=1S/C27H43NO3/c1-14-11-21-24(28-13-14)16(3)27(31-21)10-8-19-20-6-5-17-12-18(29)7-9-26(17,4)23(20)25(30)22(19)15(27)2/h5,14-16,18-25,28-30H,6-13H2,1-4H3/t14-,15+,16+,18-,19-,20-,21+,22+,23+,24-,25-,26-,27?/m0/s1. The second kappa shape index (κ2) is 7.04. The van der Waals surface area contributed by atoms with E-state index in [4.69, 9.17) is 4.74 Å². The Kier molecular flexibility index (Phi) is 4.80. The van der Waals surface area contributed by atoms with Gasteiger partial charge in [-0.2, -0.15) is 0 Å². The van der Waals surface area contributed by atoms with Crippen LogP contribution in [0.1, 0.15) is 72.6 Å². The Hall–Kier alpha value is -0.420. The Labute approximate surface area is 188 Å². The maximum Gasteiger partial charge on any atom is 0.0757 e. The summed E-state index contributed by atoms with van der Waals surface area (Å²) in [6.45, 7) is 10.7. The molecule has 2 saturated heterocycles. The lowest BCUT2D eigenvalue weighted by atomic mass is 9.56. The molecular formula is C27H43NO3. The van der Waals surface area contributed by atoms with Crippen molar-refractivity contribution >= 4 is 0 Å². The highest BCUT2D eigenvalue weighted by Crippen LogP contribution is 2.66. The van der Waals surface area contributed by atoms with Crippen molar-refractivity contribution in [1.82, 2.24) is 5.32 Å². The van der Waals surface area contributed by atoms with Crippen LogP contribution in [0.4, 0.5) is 0 Å². The summed E-state index contributed by atoms with van der Waals surface area (Å²) in [4.78, 5) is 0. The van der Waals surface area contributed by atoms with E-state index in [1.54, 1.807) is 0 Å². The Morgan fingerprint density at radius 3 is 2.68 bits per heavy atom. The van der Waals surface area contributed by atoms with Crippen molar-refractivity contribution in [1.29, 1.82) is 0 Å². The third-order valence-corrected chi connectivity index (χ3v) is 11.5. The topological polar surface area (TPSA) is 61.7 Å². The van der Waals surface area contributed by atoms with Crippen molar-refractivity contribution in [3.05, 3.63) is 11.6 Å². The summed E-state index contributed by atoms with van der Waals surface area (Å²) in [5.74, 6) is 3.50. The molecule has 4 nitrogen and oxygen atoms in total. The van der Waals surface area contributed by atoms with Gasteiger partial charge in [0.25, 0.3) is 0 Å². The average Bonchev–Trinajstić information content (AvgIpc) is 3.18. The number of piperidine rings is 1. The Morgan fingerprint density at radius 1 is 1.06 bits per heavy atom. The van der Waals surface area contributed by atoms with Gasteiger partial charge < -0.3 is 20.3 Å². The molecule has 5 fully saturated rings. The maximum absolute atomic E-state index is 11.9. The molecule has 0 aromatic rings. The number of fused-ring (bicyclic) bond motifs is 6. The zero-order valence-corrected chi connectivity index (χ0v) is 19.9. The molecule has 31 heavy (non-hydrogen) atoms. The smallest absolute Gasteiger partial charge is 0.0757 e. The maximum atomic E-state index is 11.9. The summed E-state index contributed by atoms with van der Waals surface area (Å²) in [6, 6.07) is 0.474. The quantitative estimate of drug-likeness (QED) is 0.511. The van der Waals surface area contributed by atoms with Gasteiger partial charge in [-0.15, -0.1) is 0 Å². The Balaban J connectivity index is 1.31. The monoisotopic (exact) mass is 429 g/mol. The van der Waals surface area contributed by atoms with Crippen LogP contribution in [-0.4, -0.2) is 46.7 Å². The van der Waals surface area contributed by atoms with Crippen LogP contribution in [0, 0.1) is 46.8 Å². The summed E-state index contributed by atoms with van der Waals surface area (Å²) in [5.41, 5.74) is 1.42. The largest absolute Gasteiger partial charge is 0.393 e. The predicted octanol–water partition coefficient (Wildman–Crippen LogP) is 3.91. The van der Waals surface area contributed by atoms with Crippen LogP contribution in [0.3, 0.4) is 0 Å². The third-order valence-electron chi connectivity index (χ3n) is 11.5. The number of allylic oxidation sites excluding steroid dienone is 1. The van der Waals surface area contributed by atoms with E-state index in [2.05, 4.69) is 39.1 Å². The molecule has 0 radical (unpaired) electrons. The van der Waals surface area contributed by atoms with Crippen LogP contribution in [0.2, 0.25) is 0 Å². The fourth-order valence-electron chi connectivity index (χ4n) is 9.90. The van der Waals surface area contributed by atoms with Gasteiger partial charge in [-0.3, -0.25) is 0 Å². The molecule has 0 bridgehead atoms.